The third-order valence-electron chi connectivity index (χ3n) is 7.42. The summed E-state index contributed by atoms with van der Waals surface area (Å²) >= 11 is 0. The molecule has 0 spiro atoms. The van der Waals surface area contributed by atoms with E-state index in [1.165, 1.54) is 0 Å². The van der Waals surface area contributed by atoms with Crippen molar-refractivity contribution in [3.8, 4) is 28.3 Å². The molecule has 0 bridgehead atoms. The normalized spacial score (nSPS) is 16.5. The van der Waals surface area contributed by atoms with Crippen LogP contribution in [-0.2, 0) is 9.31 Å². The van der Waals surface area contributed by atoms with E-state index in [0.717, 1.165) is 38.6 Å². The highest BCUT2D eigenvalue weighted by Crippen LogP contribution is 2.38. The summed E-state index contributed by atoms with van der Waals surface area (Å²) in [5, 5.41) is 10.5. The van der Waals surface area contributed by atoms with Crippen molar-refractivity contribution in [3.63, 3.8) is 0 Å². The average molecular weight is 472 g/mol. The maximum atomic E-state index is 9.57. The standard InChI is InChI=1S/C30H25BN2O3/c1-29(2)30(3,4)36-31(35-29)23-13-11-21(12-14-23)20-7-9-22(10-8-20)24-16-19(18-32)17-26-27(24)28-25(34-26)6-5-15-33-28/h5-17H,1-4H3. The lowest BCUT2D eigenvalue weighted by Crippen LogP contribution is -2.41. The molecule has 0 radical (unpaired) electrons. The SMILES string of the molecule is CC1(C)OB(c2ccc(-c3ccc(-c4cc(C#N)cc5oc6cccnc6c45)cc3)cc2)OC1(C)C. The van der Waals surface area contributed by atoms with Gasteiger partial charge in [-0.1, -0.05) is 48.5 Å². The molecule has 5 nitrogen and oxygen atoms in total. The summed E-state index contributed by atoms with van der Waals surface area (Å²) in [4.78, 5) is 4.54. The summed E-state index contributed by atoms with van der Waals surface area (Å²) in [6, 6.07) is 26.3. The van der Waals surface area contributed by atoms with Gasteiger partial charge in [-0.05, 0) is 79.7 Å². The summed E-state index contributed by atoms with van der Waals surface area (Å²) in [7, 11) is -0.375. The average Bonchev–Trinajstić information content (AvgIpc) is 3.36. The summed E-state index contributed by atoms with van der Waals surface area (Å²) in [6.45, 7) is 8.24. The number of benzene rings is 3. The summed E-state index contributed by atoms with van der Waals surface area (Å²) in [5.41, 5.74) is 7.15. The van der Waals surface area contributed by atoms with Crippen molar-refractivity contribution in [2.24, 2.45) is 0 Å². The van der Waals surface area contributed by atoms with Gasteiger partial charge >= 0.3 is 7.12 Å². The molecule has 1 saturated heterocycles. The number of hydrogen-bond donors (Lipinski definition) is 0. The van der Waals surface area contributed by atoms with Gasteiger partial charge in [0.2, 0.25) is 0 Å². The largest absolute Gasteiger partial charge is 0.494 e. The molecule has 6 heteroatoms. The summed E-state index contributed by atoms with van der Waals surface area (Å²) in [6.07, 6.45) is 1.76. The van der Waals surface area contributed by atoms with Crippen LogP contribution in [0, 0.1) is 11.3 Å². The van der Waals surface area contributed by atoms with Crippen molar-refractivity contribution in [2.45, 2.75) is 38.9 Å². The van der Waals surface area contributed by atoms with Gasteiger partial charge in [0.05, 0.1) is 28.2 Å². The van der Waals surface area contributed by atoms with Gasteiger partial charge in [0.25, 0.3) is 0 Å². The topological polar surface area (TPSA) is 68.3 Å². The molecule has 0 unspecified atom stereocenters. The lowest BCUT2D eigenvalue weighted by molar-refractivity contribution is 0.00578. The van der Waals surface area contributed by atoms with Crippen molar-refractivity contribution in [3.05, 3.63) is 84.6 Å². The van der Waals surface area contributed by atoms with E-state index in [4.69, 9.17) is 13.7 Å². The molecule has 1 aliphatic rings. The maximum absolute atomic E-state index is 9.57. The fourth-order valence-electron chi connectivity index (χ4n) is 4.67. The zero-order chi connectivity index (χ0) is 25.1. The van der Waals surface area contributed by atoms with Gasteiger partial charge < -0.3 is 13.7 Å². The van der Waals surface area contributed by atoms with Gasteiger partial charge in [0.15, 0.2) is 5.58 Å². The van der Waals surface area contributed by atoms with E-state index in [0.29, 0.717) is 16.7 Å². The number of rotatable bonds is 3. The predicted octanol–water partition coefficient (Wildman–Crippen LogP) is 6.49. The Kier molecular flexibility index (Phi) is 5.05. The number of pyridine rings is 1. The monoisotopic (exact) mass is 472 g/mol. The lowest BCUT2D eigenvalue weighted by Gasteiger charge is -2.32. The number of nitrogens with zero attached hydrogens (tertiary/aromatic N) is 2. The molecule has 0 atom stereocenters. The van der Waals surface area contributed by atoms with Gasteiger partial charge in [-0.15, -0.1) is 0 Å². The van der Waals surface area contributed by atoms with Gasteiger partial charge in [0.1, 0.15) is 11.1 Å². The van der Waals surface area contributed by atoms with Crippen molar-refractivity contribution in [1.29, 1.82) is 5.26 Å². The molecule has 5 aromatic rings. The molecule has 36 heavy (non-hydrogen) atoms. The Balaban J connectivity index is 1.33. The molecule has 0 saturated carbocycles. The zero-order valence-corrected chi connectivity index (χ0v) is 20.7. The molecule has 3 heterocycles. The minimum Gasteiger partial charge on any atom is -0.454 e. The van der Waals surface area contributed by atoms with E-state index in [-0.39, 0.29) is 18.3 Å². The van der Waals surface area contributed by atoms with Crippen LogP contribution in [0.25, 0.3) is 44.3 Å². The zero-order valence-electron chi connectivity index (χ0n) is 20.7. The van der Waals surface area contributed by atoms with E-state index in [2.05, 4.69) is 87.3 Å². The number of furan rings is 1. The summed E-state index contributed by atoms with van der Waals surface area (Å²) < 4.78 is 18.4. The molecule has 3 aromatic carbocycles. The first-order valence-electron chi connectivity index (χ1n) is 12.0. The van der Waals surface area contributed by atoms with Crippen LogP contribution < -0.4 is 5.46 Å². The van der Waals surface area contributed by atoms with Crippen LogP contribution in [0.5, 0.6) is 0 Å². The molecule has 1 aliphatic heterocycles. The van der Waals surface area contributed by atoms with Crippen molar-refractivity contribution in [1.82, 2.24) is 4.98 Å². The highest BCUT2D eigenvalue weighted by Gasteiger charge is 2.51. The lowest BCUT2D eigenvalue weighted by atomic mass is 9.78. The van der Waals surface area contributed by atoms with E-state index in [1.54, 1.807) is 12.3 Å². The third kappa shape index (κ3) is 3.60. The van der Waals surface area contributed by atoms with E-state index in [1.807, 2.05) is 18.2 Å². The highest BCUT2D eigenvalue weighted by molar-refractivity contribution is 6.62. The van der Waals surface area contributed by atoms with Crippen molar-refractivity contribution in [2.75, 3.05) is 0 Å². The molecule has 176 valence electrons. The first-order chi connectivity index (χ1) is 17.3. The molecule has 1 fully saturated rings. The van der Waals surface area contributed by atoms with E-state index >= 15 is 0 Å². The number of hydrogen-bond acceptors (Lipinski definition) is 5. The van der Waals surface area contributed by atoms with Crippen molar-refractivity contribution >= 4 is 34.7 Å². The molecule has 2 aromatic heterocycles. The van der Waals surface area contributed by atoms with Crippen LogP contribution in [0.2, 0.25) is 0 Å². The van der Waals surface area contributed by atoms with Crippen LogP contribution >= 0.6 is 0 Å². The Morgan fingerprint density at radius 1 is 0.778 bits per heavy atom. The molecule has 6 rings (SSSR count). The second kappa shape index (κ2) is 8.06. The first kappa shape index (κ1) is 22.5. The number of aromatic nitrogens is 1. The molecule has 0 N–H and O–H groups in total. The highest BCUT2D eigenvalue weighted by atomic mass is 16.7. The molecular formula is C30H25BN2O3. The minimum absolute atomic E-state index is 0.365. The van der Waals surface area contributed by atoms with Crippen LogP contribution in [0.1, 0.15) is 33.3 Å². The van der Waals surface area contributed by atoms with Crippen LogP contribution in [0.15, 0.2) is 83.4 Å². The quantitative estimate of drug-likeness (QED) is 0.281. The molecule has 0 amide bonds. The van der Waals surface area contributed by atoms with Crippen molar-refractivity contribution < 1.29 is 13.7 Å². The number of fused-ring (bicyclic) bond motifs is 3. The second-order valence-electron chi connectivity index (χ2n) is 10.2. The van der Waals surface area contributed by atoms with Crippen LogP contribution in [0.4, 0.5) is 0 Å². The smallest absolute Gasteiger partial charge is 0.454 e. The molecule has 0 aliphatic carbocycles. The second-order valence-corrected chi connectivity index (χ2v) is 10.2. The Labute approximate surface area is 210 Å². The Morgan fingerprint density at radius 2 is 1.39 bits per heavy atom. The molecular weight excluding hydrogens is 447 g/mol. The van der Waals surface area contributed by atoms with Crippen LogP contribution in [-0.4, -0.2) is 23.3 Å². The number of nitriles is 1. The summed E-state index contributed by atoms with van der Waals surface area (Å²) in [5.74, 6) is 0. The van der Waals surface area contributed by atoms with E-state index < -0.39 is 0 Å². The van der Waals surface area contributed by atoms with Gasteiger partial charge in [0, 0.05) is 6.20 Å². The van der Waals surface area contributed by atoms with Gasteiger partial charge in [-0.2, -0.15) is 5.26 Å². The predicted molar refractivity (Wildman–Crippen MR) is 143 cm³/mol. The maximum Gasteiger partial charge on any atom is 0.494 e. The fraction of sp³-hybridized carbons (Fsp3) is 0.200. The van der Waals surface area contributed by atoms with Gasteiger partial charge in [-0.3, -0.25) is 4.98 Å². The van der Waals surface area contributed by atoms with E-state index in [9.17, 15) is 5.26 Å². The Bertz CT molecular complexity index is 1630. The Morgan fingerprint density at radius 3 is 2.03 bits per heavy atom. The Hall–Kier alpha value is -3.92. The van der Waals surface area contributed by atoms with Crippen LogP contribution in [0.3, 0.4) is 0 Å². The third-order valence-corrected chi connectivity index (χ3v) is 7.42. The van der Waals surface area contributed by atoms with Gasteiger partial charge in [-0.25, -0.2) is 0 Å². The fourth-order valence-corrected chi connectivity index (χ4v) is 4.67. The minimum atomic E-state index is -0.375. The first-order valence-corrected chi connectivity index (χ1v) is 12.0.